The van der Waals surface area contributed by atoms with Crippen molar-refractivity contribution < 1.29 is 14.1 Å². The zero-order chi connectivity index (χ0) is 19.3. The van der Waals surface area contributed by atoms with Gasteiger partial charge in [-0.25, -0.2) is 5.09 Å². The average molecular weight is 381 g/mol. The largest absolute Gasteiger partial charge is 0.468 e. The maximum absolute atomic E-state index is 14.3. The summed E-state index contributed by atoms with van der Waals surface area (Å²) in [7, 11) is -3.19. The van der Waals surface area contributed by atoms with E-state index >= 15 is 0 Å². The molecule has 0 radical (unpaired) electrons. The molecule has 2 unspecified atom stereocenters. The molecule has 1 heterocycles. The van der Waals surface area contributed by atoms with Crippen LogP contribution in [0.15, 0.2) is 95.6 Å². The quantitative estimate of drug-likeness (QED) is 0.457. The van der Waals surface area contributed by atoms with Crippen LogP contribution in [-0.4, -0.2) is 11.7 Å². The van der Waals surface area contributed by atoms with E-state index in [2.05, 4.69) is 11.7 Å². The van der Waals surface area contributed by atoms with Gasteiger partial charge in [-0.1, -0.05) is 48.6 Å². The summed E-state index contributed by atoms with van der Waals surface area (Å²) in [6.07, 6.45) is 1.58. The first kappa shape index (κ1) is 19.4. The molecule has 0 amide bonds. The molecule has 0 fully saturated rings. The molecule has 0 aliphatic heterocycles. The first-order valence-corrected chi connectivity index (χ1v) is 10.6. The molecule has 3 rings (SSSR count). The van der Waals surface area contributed by atoms with Crippen LogP contribution >= 0.6 is 7.29 Å². The lowest BCUT2D eigenvalue weighted by Gasteiger charge is -2.30. The second kappa shape index (κ2) is 8.53. The van der Waals surface area contributed by atoms with Gasteiger partial charge in [-0.15, -0.1) is 0 Å². The van der Waals surface area contributed by atoms with Crippen molar-refractivity contribution >= 4 is 17.9 Å². The minimum absolute atomic E-state index is 0.128. The van der Waals surface area contributed by atoms with Crippen LogP contribution in [0, 0.1) is 5.92 Å². The zero-order valence-corrected chi connectivity index (χ0v) is 16.2. The lowest BCUT2D eigenvalue weighted by molar-refractivity contribution is 0.211. The lowest BCUT2D eigenvalue weighted by Crippen LogP contribution is -2.35. The summed E-state index contributed by atoms with van der Waals surface area (Å²) in [5.41, 5.74) is 0.791. The van der Waals surface area contributed by atoms with E-state index < -0.39 is 13.3 Å². The second-order valence-corrected chi connectivity index (χ2v) is 9.05. The molecule has 0 aliphatic carbocycles. The Morgan fingerprint density at radius 1 is 1.04 bits per heavy atom. The van der Waals surface area contributed by atoms with Crippen molar-refractivity contribution in [1.29, 1.82) is 0 Å². The number of hydrogen-bond acceptors (Lipinski definition) is 3. The third-order valence-electron chi connectivity index (χ3n) is 4.64. The fourth-order valence-corrected chi connectivity index (χ4v) is 5.61. The van der Waals surface area contributed by atoms with E-state index in [0.717, 1.165) is 5.57 Å². The predicted molar refractivity (Wildman–Crippen MR) is 110 cm³/mol. The van der Waals surface area contributed by atoms with Crippen molar-refractivity contribution in [3.63, 3.8) is 0 Å². The Morgan fingerprint density at radius 3 is 2.00 bits per heavy atom. The number of nitrogens with one attached hydrogen (secondary N) is 1. The smallest absolute Gasteiger partial charge is 0.205 e. The van der Waals surface area contributed by atoms with Crippen LogP contribution in [0.2, 0.25) is 0 Å². The van der Waals surface area contributed by atoms with Crippen molar-refractivity contribution in [1.82, 2.24) is 5.09 Å². The van der Waals surface area contributed by atoms with Crippen molar-refractivity contribution in [3.8, 4) is 0 Å². The van der Waals surface area contributed by atoms with E-state index in [4.69, 9.17) is 4.42 Å². The SMILES string of the molecule is C=C(C)C(CO)C(NP(=O)(c1ccccc1)c1ccccc1)c1ccco1. The van der Waals surface area contributed by atoms with Crippen LogP contribution in [0.25, 0.3) is 0 Å². The third-order valence-corrected chi connectivity index (χ3v) is 7.33. The molecule has 0 spiro atoms. The van der Waals surface area contributed by atoms with Crippen molar-refractivity contribution in [2.24, 2.45) is 5.92 Å². The van der Waals surface area contributed by atoms with Crippen LogP contribution < -0.4 is 15.7 Å². The Bertz CT molecular complexity index is 864. The Labute approximate surface area is 160 Å². The van der Waals surface area contributed by atoms with Gasteiger partial charge in [-0.3, -0.25) is 4.57 Å². The number of aliphatic hydroxyl groups is 1. The highest BCUT2D eigenvalue weighted by atomic mass is 31.2. The van der Waals surface area contributed by atoms with Gasteiger partial charge in [0.05, 0.1) is 18.9 Å². The van der Waals surface area contributed by atoms with E-state index in [9.17, 15) is 9.67 Å². The summed E-state index contributed by atoms with van der Waals surface area (Å²) in [4.78, 5) is 0. The number of furan rings is 1. The fraction of sp³-hybridized carbons (Fsp3) is 0.182. The number of aliphatic hydroxyl groups excluding tert-OH is 1. The number of hydrogen-bond donors (Lipinski definition) is 2. The van der Waals surface area contributed by atoms with Gasteiger partial charge in [0.15, 0.2) is 0 Å². The standard InChI is InChI=1S/C22H24NO3P/c1-17(2)20(16-24)22(21-14-9-15-26-21)23-27(25,18-10-5-3-6-11-18)19-12-7-4-8-13-19/h3-15,20,22,24H,1,16H2,2H3,(H,23,25). The Morgan fingerprint density at radius 2 is 1.59 bits per heavy atom. The summed E-state index contributed by atoms with van der Waals surface area (Å²) in [6.45, 7) is 5.73. The van der Waals surface area contributed by atoms with Gasteiger partial charge in [0, 0.05) is 16.5 Å². The average Bonchev–Trinajstić information content (AvgIpc) is 3.23. The molecule has 0 saturated carbocycles. The second-order valence-electron chi connectivity index (χ2n) is 6.54. The molecule has 3 aromatic rings. The zero-order valence-electron chi connectivity index (χ0n) is 15.3. The maximum Gasteiger partial charge on any atom is 0.205 e. The minimum atomic E-state index is -3.19. The number of benzene rings is 2. The van der Waals surface area contributed by atoms with Crippen LogP contribution in [0.1, 0.15) is 18.7 Å². The molecule has 27 heavy (non-hydrogen) atoms. The molecular weight excluding hydrogens is 357 g/mol. The normalized spacial score (nSPS) is 13.9. The first-order chi connectivity index (χ1) is 13.1. The molecular formula is C22H24NO3P. The monoisotopic (exact) mass is 381 g/mol. The molecule has 2 aromatic carbocycles. The van der Waals surface area contributed by atoms with E-state index in [1.54, 1.807) is 12.3 Å². The summed E-state index contributed by atoms with van der Waals surface area (Å²) in [5.74, 6) is 0.279. The van der Waals surface area contributed by atoms with E-state index in [-0.39, 0.29) is 12.5 Å². The van der Waals surface area contributed by atoms with Crippen molar-refractivity contribution in [2.75, 3.05) is 6.61 Å². The van der Waals surface area contributed by atoms with Gasteiger partial charge < -0.3 is 9.52 Å². The van der Waals surface area contributed by atoms with Crippen LogP contribution in [0.3, 0.4) is 0 Å². The maximum atomic E-state index is 14.3. The summed E-state index contributed by atoms with van der Waals surface area (Å²) in [5, 5.41) is 14.7. The molecule has 4 nitrogen and oxygen atoms in total. The molecule has 1 aromatic heterocycles. The molecule has 5 heteroatoms. The van der Waals surface area contributed by atoms with Gasteiger partial charge in [0.2, 0.25) is 7.29 Å². The summed E-state index contributed by atoms with van der Waals surface area (Å²) >= 11 is 0. The highest BCUT2D eigenvalue weighted by Crippen LogP contribution is 2.44. The molecule has 2 N–H and O–H groups in total. The summed E-state index contributed by atoms with van der Waals surface area (Å²) < 4.78 is 19.9. The lowest BCUT2D eigenvalue weighted by atomic mass is 9.93. The fourth-order valence-electron chi connectivity index (χ4n) is 3.14. The van der Waals surface area contributed by atoms with Crippen LogP contribution in [-0.2, 0) is 4.57 Å². The molecule has 0 bridgehead atoms. The van der Waals surface area contributed by atoms with Crippen molar-refractivity contribution in [2.45, 2.75) is 13.0 Å². The highest BCUT2D eigenvalue weighted by molar-refractivity contribution is 7.76. The Balaban J connectivity index is 2.11. The minimum Gasteiger partial charge on any atom is -0.468 e. The van der Waals surface area contributed by atoms with E-state index in [1.807, 2.05) is 73.7 Å². The van der Waals surface area contributed by atoms with Gasteiger partial charge in [0.1, 0.15) is 5.76 Å². The predicted octanol–water partition coefficient (Wildman–Crippen LogP) is 4.02. The summed E-state index contributed by atoms with van der Waals surface area (Å²) in [6, 6.07) is 21.8. The van der Waals surface area contributed by atoms with E-state index in [1.165, 1.54) is 0 Å². The Hall–Kier alpha value is -2.39. The topological polar surface area (TPSA) is 62.5 Å². The molecule has 0 saturated heterocycles. The van der Waals surface area contributed by atoms with Gasteiger partial charge in [-0.2, -0.15) is 0 Å². The van der Waals surface area contributed by atoms with Gasteiger partial charge >= 0.3 is 0 Å². The van der Waals surface area contributed by atoms with Gasteiger partial charge in [0.25, 0.3) is 0 Å². The molecule has 140 valence electrons. The Kier molecular flexibility index (Phi) is 6.12. The number of rotatable bonds is 8. The molecule has 2 atom stereocenters. The molecule has 0 aliphatic rings. The van der Waals surface area contributed by atoms with Crippen molar-refractivity contribution in [3.05, 3.63) is 97.0 Å². The van der Waals surface area contributed by atoms with Gasteiger partial charge in [-0.05, 0) is 43.3 Å². The highest BCUT2D eigenvalue weighted by Gasteiger charge is 2.35. The van der Waals surface area contributed by atoms with Crippen LogP contribution in [0.4, 0.5) is 0 Å². The van der Waals surface area contributed by atoms with E-state index in [0.29, 0.717) is 16.4 Å². The third kappa shape index (κ3) is 4.14. The first-order valence-electron chi connectivity index (χ1n) is 8.85. The van der Waals surface area contributed by atoms with Crippen LogP contribution in [0.5, 0.6) is 0 Å².